The molecule has 1 saturated heterocycles. The first-order valence-electron chi connectivity index (χ1n) is 10.9. The minimum absolute atomic E-state index is 0.166. The van der Waals surface area contributed by atoms with Gasteiger partial charge in [-0.3, -0.25) is 9.69 Å². The van der Waals surface area contributed by atoms with Crippen molar-refractivity contribution in [2.24, 2.45) is 0 Å². The smallest absolute Gasteiger partial charge is 0.253 e. The van der Waals surface area contributed by atoms with Gasteiger partial charge in [-0.2, -0.15) is 0 Å². The fourth-order valence-electron chi connectivity index (χ4n) is 4.40. The number of likely N-dealkylation sites (N-methyl/N-ethyl adjacent to an activating group) is 1. The summed E-state index contributed by atoms with van der Waals surface area (Å²) < 4.78 is 17.9. The van der Waals surface area contributed by atoms with E-state index in [-0.39, 0.29) is 18.4 Å². The molecule has 1 atom stereocenters. The molecule has 170 valence electrons. The van der Waals surface area contributed by atoms with Crippen LogP contribution in [0.25, 0.3) is 10.9 Å². The summed E-state index contributed by atoms with van der Waals surface area (Å²) in [6.45, 7) is 7.82. The fourth-order valence-corrected chi connectivity index (χ4v) is 4.40. The Balaban J connectivity index is 1.59. The Labute approximate surface area is 184 Å². The standard InChI is InChI=1S/C21H27N7O4/c1-3-26-4-6-27(7-5-26)19(20-23-24-25-28(20)8-9-30-2)15-10-14-11-17-18(32-13-31-17)12-16(14)22-21(15)29/h10-12,19H,3-9,13H2,1-2H3,(H,22,29)/t19-/m1/s1. The molecule has 0 saturated carbocycles. The second-order valence-corrected chi connectivity index (χ2v) is 7.97. The number of tetrazole rings is 1. The second-order valence-electron chi connectivity index (χ2n) is 7.97. The molecule has 11 nitrogen and oxygen atoms in total. The van der Waals surface area contributed by atoms with Crippen molar-refractivity contribution in [3.8, 4) is 11.5 Å². The Bertz CT molecular complexity index is 1150. The minimum atomic E-state index is -0.376. The van der Waals surface area contributed by atoms with E-state index < -0.39 is 0 Å². The molecule has 0 radical (unpaired) electrons. The normalized spacial score (nSPS) is 17.8. The second kappa shape index (κ2) is 8.85. The highest BCUT2D eigenvalue weighted by molar-refractivity contribution is 5.83. The maximum atomic E-state index is 13.3. The van der Waals surface area contributed by atoms with Crippen LogP contribution in [-0.2, 0) is 11.3 Å². The molecule has 0 aliphatic carbocycles. The summed E-state index contributed by atoms with van der Waals surface area (Å²) in [5, 5.41) is 13.3. The molecule has 11 heteroatoms. The van der Waals surface area contributed by atoms with Crippen molar-refractivity contribution in [1.82, 2.24) is 35.0 Å². The van der Waals surface area contributed by atoms with E-state index in [9.17, 15) is 4.79 Å². The molecular weight excluding hydrogens is 414 g/mol. The van der Waals surface area contributed by atoms with Crippen LogP contribution in [0.5, 0.6) is 11.5 Å². The molecule has 2 aromatic heterocycles. The summed E-state index contributed by atoms with van der Waals surface area (Å²) in [6.07, 6.45) is 0. The quantitative estimate of drug-likeness (QED) is 0.564. The zero-order valence-corrected chi connectivity index (χ0v) is 18.3. The van der Waals surface area contributed by atoms with Crippen molar-refractivity contribution in [3.05, 3.63) is 39.9 Å². The molecule has 4 heterocycles. The molecule has 32 heavy (non-hydrogen) atoms. The van der Waals surface area contributed by atoms with Gasteiger partial charge in [0, 0.05) is 50.3 Å². The molecule has 2 aliphatic heterocycles. The van der Waals surface area contributed by atoms with E-state index in [1.165, 1.54) is 0 Å². The molecule has 0 amide bonds. The van der Waals surface area contributed by atoms with E-state index in [0.29, 0.717) is 41.6 Å². The van der Waals surface area contributed by atoms with Gasteiger partial charge in [-0.25, -0.2) is 4.68 Å². The number of methoxy groups -OCH3 is 1. The molecule has 0 spiro atoms. The van der Waals surface area contributed by atoms with Crippen LogP contribution in [0.3, 0.4) is 0 Å². The number of fused-ring (bicyclic) bond motifs is 2. The van der Waals surface area contributed by atoms with E-state index in [1.807, 2.05) is 12.1 Å². The van der Waals surface area contributed by atoms with Crippen molar-refractivity contribution in [2.45, 2.75) is 19.5 Å². The largest absolute Gasteiger partial charge is 0.454 e. The number of benzene rings is 1. The molecule has 1 N–H and O–H groups in total. The number of rotatable bonds is 7. The number of piperazine rings is 1. The fraction of sp³-hybridized carbons (Fsp3) is 0.524. The lowest BCUT2D eigenvalue weighted by Crippen LogP contribution is -2.49. The van der Waals surface area contributed by atoms with Crippen LogP contribution in [0.4, 0.5) is 0 Å². The Kier molecular flexibility index (Phi) is 5.77. The highest BCUT2D eigenvalue weighted by atomic mass is 16.7. The van der Waals surface area contributed by atoms with Crippen LogP contribution in [-0.4, -0.2) is 88.2 Å². The van der Waals surface area contributed by atoms with Crippen LogP contribution < -0.4 is 15.0 Å². The SMILES string of the molecule is CCN1CCN([C@H](c2cc3cc4c(cc3[nH]c2=O)OCO4)c2nnnn2CCOC)CC1. The zero-order valence-electron chi connectivity index (χ0n) is 18.3. The maximum absolute atomic E-state index is 13.3. The predicted octanol–water partition coefficient (Wildman–Crippen LogP) is 0.617. The molecule has 2 aliphatic rings. The molecule has 1 aromatic carbocycles. The molecule has 3 aromatic rings. The molecule has 1 fully saturated rings. The Morgan fingerprint density at radius 3 is 2.69 bits per heavy atom. The van der Waals surface area contributed by atoms with E-state index in [2.05, 4.69) is 37.2 Å². The van der Waals surface area contributed by atoms with Gasteiger partial charge in [0.25, 0.3) is 5.56 Å². The third kappa shape index (κ3) is 3.83. The Morgan fingerprint density at radius 2 is 1.94 bits per heavy atom. The van der Waals surface area contributed by atoms with Crippen molar-refractivity contribution >= 4 is 10.9 Å². The average molecular weight is 441 g/mol. The number of nitrogens with one attached hydrogen (secondary N) is 1. The number of aromatic nitrogens is 5. The summed E-state index contributed by atoms with van der Waals surface area (Å²) in [5.41, 5.74) is 1.15. The highest BCUT2D eigenvalue weighted by Crippen LogP contribution is 2.36. The van der Waals surface area contributed by atoms with Gasteiger partial charge in [0.05, 0.1) is 18.7 Å². The summed E-state index contributed by atoms with van der Waals surface area (Å²) in [4.78, 5) is 21.0. The van der Waals surface area contributed by atoms with Gasteiger partial charge in [0.2, 0.25) is 6.79 Å². The lowest BCUT2D eigenvalue weighted by Gasteiger charge is -2.38. The lowest BCUT2D eigenvalue weighted by molar-refractivity contribution is 0.106. The van der Waals surface area contributed by atoms with Gasteiger partial charge < -0.3 is 24.1 Å². The number of ether oxygens (including phenoxy) is 3. The van der Waals surface area contributed by atoms with Crippen LogP contribution in [0, 0.1) is 0 Å². The molecular formula is C21H27N7O4. The number of aromatic amines is 1. The maximum Gasteiger partial charge on any atom is 0.253 e. The van der Waals surface area contributed by atoms with Crippen molar-refractivity contribution in [2.75, 3.05) is 53.2 Å². The Hall–Kier alpha value is -3.02. The summed E-state index contributed by atoms with van der Waals surface area (Å²) in [5.74, 6) is 1.95. The summed E-state index contributed by atoms with van der Waals surface area (Å²) in [7, 11) is 1.64. The van der Waals surface area contributed by atoms with Gasteiger partial charge in [0.1, 0.15) is 6.04 Å². The van der Waals surface area contributed by atoms with Gasteiger partial charge >= 0.3 is 0 Å². The number of hydrogen-bond donors (Lipinski definition) is 1. The third-order valence-corrected chi connectivity index (χ3v) is 6.19. The van der Waals surface area contributed by atoms with Gasteiger partial charge in [-0.15, -0.1) is 5.10 Å². The van der Waals surface area contributed by atoms with Gasteiger partial charge in [-0.1, -0.05) is 6.92 Å². The van der Waals surface area contributed by atoms with Crippen LogP contribution >= 0.6 is 0 Å². The lowest BCUT2D eigenvalue weighted by atomic mass is 10.0. The van der Waals surface area contributed by atoms with E-state index in [1.54, 1.807) is 17.9 Å². The predicted molar refractivity (Wildman–Crippen MR) is 116 cm³/mol. The van der Waals surface area contributed by atoms with E-state index in [0.717, 1.165) is 38.1 Å². The molecule has 0 bridgehead atoms. The number of pyridine rings is 1. The number of hydrogen-bond acceptors (Lipinski definition) is 9. The molecule has 5 rings (SSSR count). The van der Waals surface area contributed by atoms with Crippen molar-refractivity contribution in [3.63, 3.8) is 0 Å². The van der Waals surface area contributed by atoms with Crippen LogP contribution in [0.1, 0.15) is 24.4 Å². The van der Waals surface area contributed by atoms with Crippen molar-refractivity contribution < 1.29 is 14.2 Å². The number of nitrogens with zero attached hydrogens (tertiary/aromatic N) is 6. The highest BCUT2D eigenvalue weighted by Gasteiger charge is 2.32. The van der Waals surface area contributed by atoms with Gasteiger partial charge in [0.15, 0.2) is 17.3 Å². The number of H-pyrrole nitrogens is 1. The first kappa shape index (κ1) is 20.9. The van der Waals surface area contributed by atoms with Crippen LogP contribution in [0.15, 0.2) is 23.0 Å². The Morgan fingerprint density at radius 1 is 1.16 bits per heavy atom. The average Bonchev–Trinajstić information content (AvgIpc) is 3.46. The first-order chi connectivity index (χ1) is 15.7. The van der Waals surface area contributed by atoms with E-state index >= 15 is 0 Å². The summed E-state index contributed by atoms with van der Waals surface area (Å²) in [6, 6.07) is 5.25. The third-order valence-electron chi connectivity index (χ3n) is 6.19. The first-order valence-corrected chi connectivity index (χ1v) is 10.9. The van der Waals surface area contributed by atoms with Gasteiger partial charge in [-0.05, 0) is 29.1 Å². The summed E-state index contributed by atoms with van der Waals surface area (Å²) >= 11 is 0. The van der Waals surface area contributed by atoms with E-state index in [4.69, 9.17) is 14.2 Å². The monoisotopic (exact) mass is 441 g/mol. The minimum Gasteiger partial charge on any atom is -0.454 e. The van der Waals surface area contributed by atoms with Crippen molar-refractivity contribution in [1.29, 1.82) is 0 Å². The molecule has 0 unspecified atom stereocenters. The van der Waals surface area contributed by atoms with Crippen LogP contribution in [0.2, 0.25) is 0 Å². The topological polar surface area (TPSA) is 111 Å². The zero-order chi connectivity index (χ0) is 22.1.